The molecule has 2 fully saturated rings. The maximum absolute atomic E-state index is 12.4. The number of hydrogen-bond donors (Lipinski definition) is 3. The molecule has 0 spiro atoms. The molecule has 3 N–H and O–H groups in total. The normalized spacial score (nSPS) is 21.0. The fourth-order valence-electron chi connectivity index (χ4n) is 2.41. The van der Waals surface area contributed by atoms with Gasteiger partial charge in [0.25, 0.3) is 0 Å². The second-order valence-corrected chi connectivity index (χ2v) is 7.63. The van der Waals surface area contributed by atoms with Gasteiger partial charge in [0.15, 0.2) is 0 Å². The lowest BCUT2D eigenvalue weighted by Crippen LogP contribution is -2.48. The lowest BCUT2D eigenvalue weighted by molar-refractivity contribution is -0.120. The van der Waals surface area contributed by atoms with Crippen LogP contribution >= 0.6 is 12.4 Å². The van der Waals surface area contributed by atoms with Gasteiger partial charge in [0.05, 0.1) is 18.1 Å². The average Bonchev–Trinajstić information content (AvgIpc) is 3.33. The van der Waals surface area contributed by atoms with E-state index in [2.05, 4.69) is 15.4 Å². The molecule has 134 valence electrons. The predicted molar refractivity (Wildman–Crippen MR) is 93.0 cm³/mol. The van der Waals surface area contributed by atoms with Crippen molar-refractivity contribution in [3.05, 3.63) is 23.8 Å². The minimum Gasteiger partial charge on any atom is -0.378 e. The average molecular weight is 376 g/mol. The van der Waals surface area contributed by atoms with Crippen LogP contribution in [0.3, 0.4) is 0 Å². The van der Waals surface area contributed by atoms with Crippen LogP contribution < -0.4 is 15.4 Å². The molecule has 2 aliphatic rings. The Labute approximate surface area is 148 Å². The van der Waals surface area contributed by atoms with E-state index >= 15 is 0 Å². The van der Waals surface area contributed by atoms with Gasteiger partial charge in [0, 0.05) is 18.3 Å². The number of benzene rings is 1. The van der Waals surface area contributed by atoms with Gasteiger partial charge in [-0.2, -0.15) is 0 Å². The zero-order valence-corrected chi connectivity index (χ0v) is 15.0. The van der Waals surface area contributed by atoms with Crippen LogP contribution in [-0.4, -0.2) is 46.2 Å². The van der Waals surface area contributed by atoms with Gasteiger partial charge in [-0.05, 0) is 37.5 Å². The molecule has 0 bridgehead atoms. The van der Waals surface area contributed by atoms with Crippen LogP contribution in [0.4, 0.5) is 5.69 Å². The highest BCUT2D eigenvalue weighted by atomic mass is 35.5. The molecule has 0 radical (unpaired) electrons. The summed E-state index contributed by atoms with van der Waals surface area (Å²) in [6, 6.07) is 4.52. The number of amides is 1. The van der Waals surface area contributed by atoms with E-state index in [1.165, 1.54) is 6.07 Å². The summed E-state index contributed by atoms with van der Waals surface area (Å²) in [5.74, 6) is -0.230. The second kappa shape index (κ2) is 7.79. The van der Waals surface area contributed by atoms with Crippen LogP contribution in [0.15, 0.2) is 23.1 Å². The summed E-state index contributed by atoms with van der Waals surface area (Å²) in [5, 5.41) is 5.81. The number of carbonyl (C=O) groups is 1. The molecule has 7 nitrogen and oxygen atoms in total. The van der Waals surface area contributed by atoms with E-state index < -0.39 is 16.1 Å². The summed E-state index contributed by atoms with van der Waals surface area (Å²) in [7, 11) is -3.55. The monoisotopic (exact) mass is 375 g/mol. The SMILES string of the molecule is Cc1ccc(NC(=O)C2COCCN2)cc1S(=O)(=O)NC1CC1.Cl. The molecule has 9 heteroatoms. The Kier molecular flexibility index (Phi) is 6.22. The van der Waals surface area contributed by atoms with E-state index in [-0.39, 0.29) is 29.3 Å². The minimum atomic E-state index is -3.55. The zero-order valence-electron chi connectivity index (χ0n) is 13.4. The van der Waals surface area contributed by atoms with E-state index in [4.69, 9.17) is 4.74 Å². The molecule has 24 heavy (non-hydrogen) atoms. The molecule has 1 atom stereocenters. The molecule has 1 saturated heterocycles. The molecular formula is C15H22ClN3O4S. The van der Waals surface area contributed by atoms with Crippen molar-refractivity contribution in [3.8, 4) is 0 Å². The number of hydrogen-bond acceptors (Lipinski definition) is 5. The fourth-order valence-corrected chi connectivity index (χ4v) is 3.99. The number of ether oxygens (including phenoxy) is 1. The summed E-state index contributed by atoms with van der Waals surface area (Å²) < 4.78 is 32.7. The summed E-state index contributed by atoms with van der Waals surface area (Å²) in [4.78, 5) is 12.4. The smallest absolute Gasteiger partial charge is 0.243 e. The second-order valence-electron chi connectivity index (χ2n) is 5.95. The minimum absolute atomic E-state index is 0. The highest BCUT2D eigenvalue weighted by Crippen LogP contribution is 2.25. The Bertz CT molecular complexity index is 701. The third-order valence-corrected chi connectivity index (χ3v) is 5.55. The van der Waals surface area contributed by atoms with Crippen LogP contribution in [-0.2, 0) is 19.6 Å². The Balaban J connectivity index is 0.00000208. The van der Waals surface area contributed by atoms with E-state index in [0.29, 0.717) is 31.0 Å². The Morgan fingerprint density at radius 1 is 1.33 bits per heavy atom. The van der Waals surface area contributed by atoms with Crippen molar-refractivity contribution in [2.45, 2.75) is 36.7 Å². The third-order valence-electron chi connectivity index (χ3n) is 3.88. The van der Waals surface area contributed by atoms with Gasteiger partial charge in [-0.3, -0.25) is 4.79 Å². The molecule has 1 aliphatic carbocycles. The first-order valence-corrected chi connectivity index (χ1v) is 9.19. The van der Waals surface area contributed by atoms with Crippen LogP contribution in [0.2, 0.25) is 0 Å². The van der Waals surface area contributed by atoms with Gasteiger partial charge < -0.3 is 15.4 Å². The number of rotatable bonds is 5. The number of carbonyl (C=O) groups excluding carboxylic acids is 1. The number of nitrogens with one attached hydrogen (secondary N) is 3. The summed E-state index contributed by atoms with van der Waals surface area (Å²) >= 11 is 0. The maximum atomic E-state index is 12.4. The molecule has 1 heterocycles. The van der Waals surface area contributed by atoms with Gasteiger partial charge in [-0.1, -0.05) is 6.07 Å². The predicted octanol–water partition coefficient (Wildman–Crippen LogP) is 0.784. The van der Waals surface area contributed by atoms with Gasteiger partial charge >= 0.3 is 0 Å². The number of halogens is 1. The number of aryl methyl sites for hydroxylation is 1. The largest absolute Gasteiger partial charge is 0.378 e. The highest BCUT2D eigenvalue weighted by molar-refractivity contribution is 7.89. The molecule has 0 aromatic heterocycles. The van der Waals surface area contributed by atoms with Gasteiger partial charge in [0.1, 0.15) is 6.04 Å². The van der Waals surface area contributed by atoms with Crippen LogP contribution in [0.5, 0.6) is 0 Å². The fraction of sp³-hybridized carbons (Fsp3) is 0.533. The van der Waals surface area contributed by atoms with Crippen molar-refractivity contribution in [1.82, 2.24) is 10.0 Å². The van der Waals surface area contributed by atoms with E-state index in [9.17, 15) is 13.2 Å². The third kappa shape index (κ3) is 4.67. The first-order valence-electron chi connectivity index (χ1n) is 7.71. The van der Waals surface area contributed by atoms with Crippen LogP contribution in [0, 0.1) is 6.92 Å². The summed E-state index contributed by atoms with van der Waals surface area (Å²) in [6.45, 7) is 3.26. The summed E-state index contributed by atoms with van der Waals surface area (Å²) in [5.41, 5.74) is 1.11. The van der Waals surface area contributed by atoms with Crippen molar-refractivity contribution in [1.29, 1.82) is 0 Å². The molecule has 1 aromatic rings. The van der Waals surface area contributed by atoms with E-state index in [1.54, 1.807) is 19.1 Å². The van der Waals surface area contributed by atoms with Gasteiger partial charge in [-0.25, -0.2) is 13.1 Å². The molecule has 1 aliphatic heterocycles. The molecule has 1 aromatic carbocycles. The van der Waals surface area contributed by atoms with E-state index in [0.717, 1.165) is 12.8 Å². The number of anilines is 1. The Hall–Kier alpha value is -1.19. The van der Waals surface area contributed by atoms with Crippen molar-refractivity contribution in [2.24, 2.45) is 0 Å². The number of morpholine rings is 1. The van der Waals surface area contributed by atoms with Gasteiger partial charge in [-0.15, -0.1) is 12.4 Å². The van der Waals surface area contributed by atoms with Crippen LogP contribution in [0.25, 0.3) is 0 Å². The van der Waals surface area contributed by atoms with Crippen molar-refractivity contribution >= 4 is 34.0 Å². The molecule has 1 saturated carbocycles. The Morgan fingerprint density at radius 3 is 2.71 bits per heavy atom. The molecular weight excluding hydrogens is 354 g/mol. The standard InChI is InChI=1S/C15H21N3O4S.ClH/c1-10-2-3-12(17-15(19)13-9-22-7-6-16-13)8-14(10)23(20,21)18-11-4-5-11;/h2-3,8,11,13,16,18H,4-7,9H2,1H3,(H,17,19);1H. The van der Waals surface area contributed by atoms with Crippen LogP contribution in [0.1, 0.15) is 18.4 Å². The highest BCUT2D eigenvalue weighted by Gasteiger charge is 2.29. The maximum Gasteiger partial charge on any atom is 0.243 e. The van der Waals surface area contributed by atoms with Crippen molar-refractivity contribution < 1.29 is 17.9 Å². The number of sulfonamides is 1. The lowest BCUT2D eigenvalue weighted by atomic mass is 10.2. The first-order chi connectivity index (χ1) is 11.0. The molecule has 1 unspecified atom stereocenters. The molecule has 1 amide bonds. The van der Waals surface area contributed by atoms with Crippen molar-refractivity contribution in [2.75, 3.05) is 25.1 Å². The summed E-state index contributed by atoms with van der Waals surface area (Å²) in [6.07, 6.45) is 1.75. The first kappa shape index (κ1) is 19.1. The topological polar surface area (TPSA) is 96.5 Å². The lowest BCUT2D eigenvalue weighted by Gasteiger charge is -2.23. The quantitative estimate of drug-likeness (QED) is 0.706. The Morgan fingerprint density at radius 2 is 2.08 bits per heavy atom. The van der Waals surface area contributed by atoms with Crippen molar-refractivity contribution in [3.63, 3.8) is 0 Å². The molecule has 3 rings (SSSR count). The van der Waals surface area contributed by atoms with E-state index in [1.807, 2.05) is 0 Å². The zero-order chi connectivity index (χ0) is 16.4. The van der Waals surface area contributed by atoms with Gasteiger partial charge in [0.2, 0.25) is 15.9 Å².